The molecule has 0 spiro atoms. The molecule has 0 amide bonds. The van der Waals surface area contributed by atoms with E-state index in [0.29, 0.717) is 29.6 Å². The van der Waals surface area contributed by atoms with E-state index in [1.54, 1.807) is 5.38 Å². The van der Waals surface area contributed by atoms with Gasteiger partial charge in [-0.1, -0.05) is 0 Å². The van der Waals surface area contributed by atoms with Crippen molar-refractivity contribution in [3.63, 3.8) is 0 Å². The third kappa shape index (κ3) is 3.39. The van der Waals surface area contributed by atoms with Crippen LogP contribution in [0, 0.1) is 12.8 Å². The standard InChI is InChI=1S/C13H19NO4S2/c1-10-6-9-19-13(10)20(17,18)14-7-4-11(5-8-14)2-3-12(15)16/h6,9,11H,2-5,7-8H2,1H3,(H,15,16). The van der Waals surface area contributed by atoms with Crippen LogP contribution in [0.4, 0.5) is 0 Å². The Morgan fingerprint density at radius 3 is 2.60 bits per heavy atom. The van der Waals surface area contributed by atoms with Crippen LogP contribution in [0.5, 0.6) is 0 Å². The lowest BCUT2D eigenvalue weighted by atomic mass is 9.93. The van der Waals surface area contributed by atoms with E-state index in [4.69, 9.17) is 5.11 Å². The molecule has 1 fully saturated rings. The van der Waals surface area contributed by atoms with Gasteiger partial charge in [0.2, 0.25) is 0 Å². The van der Waals surface area contributed by atoms with Gasteiger partial charge in [-0.15, -0.1) is 11.3 Å². The molecule has 20 heavy (non-hydrogen) atoms. The van der Waals surface area contributed by atoms with Gasteiger partial charge < -0.3 is 5.11 Å². The fourth-order valence-corrected chi connectivity index (χ4v) is 5.53. The molecule has 0 unspecified atom stereocenters. The number of hydrogen-bond acceptors (Lipinski definition) is 4. The van der Waals surface area contributed by atoms with Gasteiger partial charge in [0.15, 0.2) is 0 Å². The van der Waals surface area contributed by atoms with Crippen LogP contribution in [-0.2, 0) is 14.8 Å². The van der Waals surface area contributed by atoms with Crippen LogP contribution >= 0.6 is 11.3 Å². The number of hydrogen-bond donors (Lipinski definition) is 1. The first kappa shape index (κ1) is 15.5. The molecular formula is C13H19NO4S2. The summed E-state index contributed by atoms with van der Waals surface area (Å²) in [6.07, 6.45) is 2.30. The molecular weight excluding hydrogens is 298 g/mol. The van der Waals surface area contributed by atoms with Gasteiger partial charge in [-0.3, -0.25) is 4.79 Å². The van der Waals surface area contributed by atoms with Gasteiger partial charge in [-0.2, -0.15) is 4.31 Å². The van der Waals surface area contributed by atoms with Crippen LogP contribution in [0.15, 0.2) is 15.7 Å². The molecule has 1 aromatic rings. The molecule has 1 N–H and O–H groups in total. The quantitative estimate of drug-likeness (QED) is 0.904. The summed E-state index contributed by atoms with van der Waals surface area (Å²) in [5.74, 6) is -0.462. The zero-order valence-electron chi connectivity index (χ0n) is 11.4. The first-order valence-electron chi connectivity index (χ1n) is 6.67. The Morgan fingerprint density at radius 1 is 1.45 bits per heavy atom. The summed E-state index contributed by atoms with van der Waals surface area (Å²) in [7, 11) is -3.37. The lowest BCUT2D eigenvalue weighted by molar-refractivity contribution is -0.137. The highest BCUT2D eigenvalue weighted by Crippen LogP contribution is 2.30. The van der Waals surface area contributed by atoms with Gasteiger partial charge >= 0.3 is 5.97 Å². The SMILES string of the molecule is Cc1ccsc1S(=O)(=O)N1CCC(CCC(=O)O)CC1. The number of nitrogens with zero attached hydrogens (tertiary/aromatic N) is 1. The predicted molar refractivity (Wildman–Crippen MR) is 77.4 cm³/mol. The molecule has 1 aliphatic rings. The monoisotopic (exact) mass is 317 g/mol. The van der Waals surface area contributed by atoms with Gasteiger partial charge in [0.05, 0.1) is 0 Å². The number of rotatable bonds is 5. The van der Waals surface area contributed by atoms with Gasteiger partial charge in [0.1, 0.15) is 4.21 Å². The molecule has 0 aromatic carbocycles. The number of aryl methyl sites for hydroxylation is 1. The zero-order chi connectivity index (χ0) is 14.8. The molecule has 0 radical (unpaired) electrons. The largest absolute Gasteiger partial charge is 0.481 e. The summed E-state index contributed by atoms with van der Waals surface area (Å²) in [4.78, 5) is 10.6. The molecule has 2 rings (SSSR count). The van der Waals surface area contributed by atoms with Crippen molar-refractivity contribution in [1.82, 2.24) is 4.31 Å². The van der Waals surface area contributed by atoms with Gasteiger partial charge in [-0.05, 0) is 49.1 Å². The molecule has 0 aliphatic carbocycles. The maximum absolute atomic E-state index is 12.5. The minimum absolute atomic E-state index is 0.168. The average molecular weight is 317 g/mol. The fraction of sp³-hybridized carbons (Fsp3) is 0.615. The van der Waals surface area contributed by atoms with Crippen LogP contribution in [0.3, 0.4) is 0 Å². The van der Waals surface area contributed by atoms with Crippen LogP contribution in [0.25, 0.3) is 0 Å². The highest BCUT2D eigenvalue weighted by Gasteiger charge is 2.31. The summed E-state index contributed by atoms with van der Waals surface area (Å²) in [5, 5.41) is 10.5. The van der Waals surface area contributed by atoms with Crippen molar-refractivity contribution in [2.24, 2.45) is 5.92 Å². The van der Waals surface area contributed by atoms with E-state index >= 15 is 0 Å². The van der Waals surface area contributed by atoms with Crippen molar-refractivity contribution < 1.29 is 18.3 Å². The second kappa shape index (κ2) is 6.24. The van der Waals surface area contributed by atoms with Gasteiger partial charge in [-0.25, -0.2) is 8.42 Å². The molecule has 112 valence electrons. The molecule has 0 bridgehead atoms. The van der Waals surface area contributed by atoms with Crippen LogP contribution < -0.4 is 0 Å². The second-order valence-electron chi connectivity index (χ2n) is 5.17. The van der Waals surface area contributed by atoms with E-state index in [2.05, 4.69) is 0 Å². The number of thiophene rings is 1. The van der Waals surface area contributed by atoms with Crippen molar-refractivity contribution in [3.8, 4) is 0 Å². The molecule has 7 heteroatoms. The Balaban J connectivity index is 1.97. The highest BCUT2D eigenvalue weighted by molar-refractivity contribution is 7.91. The average Bonchev–Trinajstić information content (AvgIpc) is 2.84. The number of sulfonamides is 1. The molecule has 1 aromatic heterocycles. The summed E-state index contributed by atoms with van der Waals surface area (Å²) >= 11 is 1.26. The summed E-state index contributed by atoms with van der Waals surface area (Å²) < 4.78 is 26.9. The topological polar surface area (TPSA) is 74.7 Å². The maximum Gasteiger partial charge on any atom is 0.303 e. The molecule has 0 saturated carbocycles. The predicted octanol–water partition coefficient (Wildman–Crippen LogP) is 2.32. The van der Waals surface area contributed by atoms with Crippen molar-refractivity contribution in [3.05, 3.63) is 17.0 Å². The second-order valence-corrected chi connectivity index (χ2v) is 8.22. The third-order valence-electron chi connectivity index (χ3n) is 3.73. The van der Waals surface area contributed by atoms with Gasteiger partial charge in [0, 0.05) is 19.5 Å². The van der Waals surface area contributed by atoms with Crippen molar-refractivity contribution >= 4 is 27.3 Å². The van der Waals surface area contributed by atoms with Gasteiger partial charge in [0.25, 0.3) is 10.0 Å². The Morgan fingerprint density at radius 2 is 2.10 bits per heavy atom. The van der Waals surface area contributed by atoms with Crippen molar-refractivity contribution in [2.45, 2.75) is 36.8 Å². The summed E-state index contributed by atoms with van der Waals surface area (Å²) in [5.41, 5.74) is 0.794. The lowest BCUT2D eigenvalue weighted by Gasteiger charge is -2.30. The fourth-order valence-electron chi connectivity index (χ4n) is 2.51. The Hall–Kier alpha value is -0.920. The Bertz CT molecular complexity index is 571. The normalized spacial score (nSPS) is 18.2. The highest BCUT2D eigenvalue weighted by atomic mass is 32.2. The first-order valence-corrected chi connectivity index (χ1v) is 8.99. The lowest BCUT2D eigenvalue weighted by Crippen LogP contribution is -2.38. The van der Waals surface area contributed by atoms with Crippen molar-refractivity contribution in [1.29, 1.82) is 0 Å². The first-order chi connectivity index (χ1) is 9.41. The molecule has 2 heterocycles. The van der Waals surface area contributed by atoms with E-state index < -0.39 is 16.0 Å². The maximum atomic E-state index is 12.5. The number of carbonyl (C=O) groups is 1. The summed E-state index contributed by atoms with van der Waals surface area (Å²) in [6, 6.07) is 1.82. The van der Waals surface area contributed by atoms with Crippen LogP contribution in [0.1, 0.15) is 31.2 Å². The molecule has 0 atom stereocenters. The molecule has 5 nitrogen and oxygen atoms in total. The van der Waals surface area contributed by atoms with E-state index in [1.807, 2.05) is 13.0 Å². The van der Waals surface area contributed by atoms with E-state index in [-0.39, 0.29) is 6.42 Å². The molecule has 1 saturated heterocycles. The smallest absolute Gasteiger partial charge is 0.303 e. The molecule has 1 aliphatic heterocycles. The minimum Gasteiger partial charge on any atom is -0.481 e. The summed E-state index contributed by atoms with van der Waals surface area (Å²) in [6.45, 7) is 2.79. The zero-order valence-corrected chi connectivity index (χ0v) is 13.0. The number of piperidine rings is 1. The van der Waals surface area contributed by atoms with E-state index in [0.717, 1.165) is 18.4 Å². The van der Waals surface area contributed by atoms with E-state index in [9.17, 15) is 13.2 Å². The van der Waals surface area contributed by atoms with Crippen LogP contribution in [0.2, 0.25) is 0 Å². The Labute approximate surface area is 123 Å². The van der Waals surface area contributed by atoms with Crippen molar-refractivity contribution in [2.75, 3.05) is 13.1 Å². The number of carboxylic acids is 1. The number of carboxylic acid groups (broad SMARTS) is 1. The number of aliphatic carboxylic acids is 1. The third-order valence-corrected chi connectivity index (χ3v) is 7.29. The Kier molecular flexibility index (Phi) is 4.82. The van der Waals surface area contributed by atoms with Crippen LogP contribution in [-0.4, -0.2) is 36.9 Å². The minimum atomic E-state index is -3.37. The van der Waals surface area contributed by atoms with E-state index in [1.165, 1.54) is 15.6 Å².